The Balaban J connectivity index is 0. The second-order valence-corrected chi connectivity index (χ2v) is 9.00. The zero-order chi connectivity index (χ0) is 18.5. The first-order chi connectivity index (χ1) is 11.4. The third-order valence-electron chi connectivity index (χ3n) is 4.03. The SMILES string of the molecule is CCCCCCCCCCCCCCCCC[CH2][Nd+3].O=P([O-])([O-])[O-]. The van der Waals surface area contributed by atoms with Crippen molar-refractivity contribution in [2.45, 2.75) is 112 Å². The first-order valence-corrected chi connectivity index (χ1v) is 13.5. The predicted molar refractivity (Wildman–Crippen MR) is 92.0 cm³/mol. The molecule has 4 nitrogen and oxygen atoms in total. The molecule has 0 aromatic rings. The summed E-state index contributed by atoms with van der Waals surface area (Å²) in [6, 6.07) is 0. The van der Waals surface area contributed by atoms with Crippen molar-refractivity contribution in [3.8, 4) is 0 Å². The van der Waals surface area contributed by atoms with E-state index in [-0.39, 0.29) is 0 Å². The van der Waals surface area contributed by atoms with Crippen LogP contribution in [-0.2, 0) is 4.57 Å². The molecule has 0 spiro atoms. The van der Waals surface area contributed by atoms with Crippen LogP contribution < -0.4 is 14.7 Å². The van der Waals surface area contributed by atoms with Gasteiger partial charge in [0.25, 0.3) is 0 Å². The van der Waals surface area contributed by atoms with Crippen molar-refractivity contribution in [2.75, 3.05) is 0 Å². The molecule has 6 heteroatoms. The second kappa shape index (κ2) is 22.5. The summed E-state index contributed by atoms with van der Waals surface area (Å²) >= 11 is 1.41. The molecular weight excluding hydrogens is 455 g/mol. The van der Waals surface area contributed by atoms with Crippen LogP contribution in [0.1, 0.15) is 110 Å². The molecule has 0 unspecified atom stereocenters. The molecule has 0 N–H and O–H groups in total. The predicted octanol–water partition coefficient (Wildman–Crippen LogP) is 4.39. The third kappa shape index (κ3) is 38.8. The number of phosphoric acid groups is 1. The van der Waals surface area contributed by atoms with Gasteiger partial charge in [0.1, 0.15) is 0 Å². The smallest absolute Gasteiger partial charge is 0.159 e. The van der Waals surface area contributed by atoms with Gasteiger partial charge in [-0.2, -0.15) is 7.82 Å². The van der Waals surface area contributed by atoms with E-state index in [1.54, 1.807) is 0 Å². The van der Waals surface area contributed by atoms with Crippen LogP contribution in [0.5, 0.6) is 0 Å². The molecular formula is C18H37NdO4P. The molecule has 24 heavy (non-hydrogen) atoms. The minimum absolute atomic E-state index is 1.38. The monoisotopic (exact) mass is 490 g/mol. The molecule has 0 bridgehead atoms. The topological polar surface area (TPSA) is 86.2 Å². The van der Waals surface area contributed by atoms with Gasteiger partial charge in [0, 0.05) is 0 Å². The summed E-state index contributed by atoms with van der Waals surface area (Å²) in [5, 5.41) is 0. The fraction of sp³-hybridized carbons (Fsp3) is 1.00. The van der Waals surface area contributed by atoms with Crippen molar-refractivity contribution in [1.82, 2.24) is 0 Å². The molecule has 0 aliphatic heterocycles. The van der Waals surface area contributed by atoms with Gasteiger partial charge in [-0.1, -0.05) is 39.0 Å². The first-order valence-electron chi connectivity index (χ1n) is 9.79. The van der Waals surface area contributed by atoms with Gasteiger partial charge in [-0.25, -0.2) is 0 Å². The van der Waals surface area contributed by atoms with Crippen molar-refractivity contribution >= 4 is 7.82 Å². The van der Waals surface area contributed by atoms with Gasteiger partial charge in [-0.3, -0.25) is 0 Å². The van der Waals surface area contributed by atoms with Gasteiger partial charge in [-0.05, 0) is 0 Å². The van der Waals surface area contributed by atoms with Gasteiger partial charge in [0.15, 0.2) is 0 Å². The molecule has 0 aliphatic carbocycles. The Morgan fingerprint density at radius 2 is 0.792 bits per heavy atom. The molecule has 0 amide bonds. The molecule has 0 saturated heterocycles. The van der Waals surface area contributed by atoms with Crippen molar-refractivity contribution in [3.05, 3.63) is 0 Å². The maximum atomic E-state index is 8.55. The van der Waals surface area contributed by atoms with Crippen molar-refractivity contribution in [2.24, 2.45) is 0 Å². The largest absolute Gasteiger partial charge is 0.822 e. The number of rotatable bonds is 16. The van der Waals surface area contributed by atoms with Gasteiger partial charge in [-0.15, -0.1) is 0 Å². The van der Waals surface area contributed by atoms with E-state index < -0.39 is 7.82 Å². The molecule has 0 fully saturated rings. The van der Waals surface area contributed by atoms with Gasteiger partial charge < -0.3 is 19.2 Å². The maximum Gasteiger partial charge on any atom is -0.159 e. The summed E-state index contributed by atoms with van der Waals surface area (Å²) in [7, 11) is -5.39. The van der Waals surface area contributed by atoms with E-state index in [2.05, 4.69) is 6.92 Å². The number of hydrogen-bond donors (Lipinski definition) is 0. The van der Waals surface area contributed by atoms with Crippen molar-refractivity contribution in [3.63, 3.8) is 0 Å². The average Bonchev–Trinajstić information content (AvgIpc) is 2.49. The normalized spacial score (nSPS) is 11.2. The Kier molecular flexibility index (Phi) is 25.9. The van der Waals surface area contributed by atoms with Crippen molar-refractivity contribution in [1.29, 1.82) is 0 Å². The minimum Gasteiger partial charge on any atom is -0.822 e. The molecule has 0 heterocycles. The van der Waals surface area contributed by atoms with E-state index in [9.17, 15) is 0 Å². The Morgan fingerprint density at radius 3 is 1.00 bits per heavy atom. The van der Waals surface area contributed by atoms with Crippen molar-refractivity contribution < 1.29 is 58.0 Å². The van der Waals surface area contributed by atoms with E-state index in [0.717, 1.165) is 0 Å². The van der Waals surface area contributed by atoms with Gasteiger partial charge in [0.05, 0.1) is 0 Å². The quantitative estimate of drug-likeness (QED) is 0.236. The van der Waals surface area contributed by atoms with Crippen LogP contribution in [-0.4, -0.2) is 0 Å². The van der Waals surface area contributed by atoms with E-state index in [4.69, 9.17) is 19.2 Å². The summed E-state index contributed by atoms with van der Waals surface area (Å²) < 4.78 is 10.1. The summed E-state index contributed by atoms with van der Waals surface area (Å²) in [5.41, 5.74) is 0. The zero-order valence-corrected chi connectivity index (χ0v) is 19.7. The molecule has 0 atom stereocenters. The third-order valence-corrected chi connectivity index (χ3v) is 5.16. The molecule has 0 aliphatic rings. The van der Waals surface area contributed by atoms with Crippen LogP contribution >= 0.6 is 7.82 Å². The molecule has 0 saturated carbocycles. The Bertz CT molecular complexity index is 247. The number of hydrogen-bond acceptors (Lipinski definition) is 4. The van der Waals surface area contributed by atoms with Crippen LogP contribution in [0, 0.1) is 38.8 Å². The summed E-state index contributed by atoms with van der Waals surface area (Å²) in [5.74, 6) is 0. The standard InChI is InChI=1S/C18H37.Nd.H3O4P/c1-3-5-7-9-11-13-15-17-18-16-14-12-10-8-6-4-2;;1-5(2,3)4/h1,3-18H2,2H3;;(H3,1,2,3,4)/q;+3;/p-3. The van der Waals surface area contributed by atoms with Gasteiger partial charge in [0.2, 0.25) is 0 Å². The molecule has 142 valence electrons. The van der Waals surface area contributed by atoms with Crippen LogP contribution in [0.4, 0.5) is 0 Å². The number of unbranched alkanes of at least 4 members (excludes halogenated alkanes) is 15. The summed E-state index contributed by atoms with van der Waals surface area (Å²) in [6.45, 7) is 2.30. The van der Waals surface area contributed by atoms with E-state index in [1.807, 2.05) is 0 Å². The van der Waals surface area contributed by atoms with Crippen LogP contribution in [0.15, 0.2) is 0 Å². The summed E-state index contributed by atoms with van der Waals surface area (Å²) in [6.07, 6.45) is 23.7. The molecule has 0 radical (unpaired) electrons. The van der Waals surface area contributed by atoms with Gasteiger partial charge >= 0.3 is 111 Å². The van der Waals surface area contributed by atoms with Crippen LogP contribution in [0.25, 0.3) is 0 Å². The Labute approximate surface area is 176 Å². The van der Waals surface area contributed by atoms with E-state index in [1.165, 1.54) is 144 Å². The van der Waals surface area contributed by atoms with E-state index in [0.29, 0.717) is 0 Å². The Hall–Kier alpha value is 1.46. The van der Waals surface area contributed by atoms with E-state index >= 15 is 0 Å². The fourth-order valence-corrected chi connectivity index (χ4v) is 3.48. The Morgan fingerprint density at radius 1 is 0.583 bits per heavy atom. The van der Waals surface area contributed by atoms with Crippen LogP contribution in [0.3, 0.4) is 0 Å². The maximum absolute atomic E-state index is 8.55. The minimum atomic E-state index is -5.39. The summed E-state index contributed by atoms with van der Waals surface area (Å²) in [4.78, 5) is 25.6. The molecule has 0 rings (SSSR count). The molecule has 0 aromatic heterocycles. The molecule has 0 aromatic carbocycles. The first kappa shape index (κ1) is 27.7. The average molecular weight is 493 g/mol. The fourth-order valence-electron chi connectivity index (χ4n) is 2.67. The second-order valence-electron chi connectivity index (χ2n) is 6.50. The zero-order valence-electron chi connectivity index (χ0n) is 15.6. The van der Waals surface area contributed by atoms with Crippen LogP contribution in [0.2, 0.25) is 2.07 Å².